The van der Waals surface area contributed by atoms with Crippen molar-refractivity contribution in [3.05, 3.63) is 34.5 Å². The maximum Gasteiger partial charge on any atom is 0.326 e. The highest BCUT2D eigenvalue weighted by Gasteiger charge is 2.67. The van der Waals surface area contributed by atoms with E-state index in [2.05, 4.69) is 12.2 Å². The fourth-order valence-corrected chi connectivity index (χ4v) is 5.65. The molecule has 5 aliphatic rings. The average molecular weight is 371 g/mol. The molecule has 3 fully saturated rings. The molecule has 0 aromatic carbocycles. The standard InChI is InChI=1S/C19H17NO5S/c21-13(14-2-1-5-26-14)8-25-15(22)7-20-18(23)16-9-3-4-10(12-6-11(9)12)17(16)19(20)24/h1-5,9-12,16-17H,6-8H2/t9-,10-,11-,12-,16-,17+/m1/s1. The van der Waals surface area contributed by atoms with E-state index in [-0.39, 0.29) is 47.9 Å². The van der Waals surface area contributed by atoms with Gasteiger partial charge in [0.05, 0.1) is 16.7 Å². The van der Waals surface area contributed by atoms with E-state index in [4.69, 9.17) is 4.74 Å². The molecule has 4 aliphatic carbocycles. The van der Waals surface area contributed by atoms with Crippen LogP contribution in [-0.2, 0) is 19.1 Å². The molecule has 1 aliphatic heterocycles. The fraction of sp³-hybridized carbons (Fsp3) is 0.474. The number of Topliss-reactive ketones (excluding diaryl/α,β-unsaturated/α-hetero) is 1. The number of nitrogens with zero attached hydrogens (tertiary/aromatic N) is 1. The third kappa shape index (κ3) is 2.23. The van der Waals surface area contributed by atoms with Crippen molar-refractivity contribution in [2.75, 3.05) is 13.2 Å². The predicted octanol–water partition coefficient (Wildman–Crippen LogP) is 1.53. The van der Waals surface area contributed by atoms with Crippen LogP contribution in [0.25, 0.3) is 0 Å². The van der Waals surface area contributed by atoms with Crippen molar-refractivity contribution in [1.29, 1.82) is 0 Å². The van der Waals surface area contributed by atoms with Gasteiger partial charge in [0.15, 0.2) is 6.61 Å². The number of hydrogen-bond donors (Lipinski definition) is 0. The van der Waals surface area contributed by atoms with E-state index in [1.54, 1.807) is 17.5 Å². The summed E-state index contributed by atoms with van der Waals surface area (Å²) in [7, 11) is 0. The fourth-order valence-electron chi connectivity index (χ4n) is 5.00. The minimum Gasteiger partial charge on any atom is -0.456 e. The molecule has 1 aromatic rings. The van der Waals surface area contributed by atoms with Crippen molar-refractivity contribution in [3.8, 4) is 0 Å². The topological polar surface area (TPSA) is 80.8 Å². The number of carbonyl (C=O) groups excluding carboxylic acids is 4. The summed E-state index contributed by atoms with van der Waals surface area (Å²) >= 11 is 1.28. The van der Waals surface area contributed by atoms with Crippen molar-refractivity contribution in [2.45, 2.75) is 6.42 Å². The smallest absolute Gasteiger partial charge is 0.326 e. The molecule has 1 aromatic heterocycles. The van der Waals surface area contributed by atoms with Crippen LogP contribution in [0.2, 0.25) is 0 Å². The lowest BCUT2D eigenvalue weighted by Crippen LogP contribution is -2.40. The summed E-state index contributed by atoms with van der Waals surface area (Å²) in [4.78, 5) is 51.1. The minimum atomic E-state index is -0.722. The van der Waals surface area contributed by atoms with E-state index in [9.17, 15) is 19.2 Å². The van der Waals surface area contributed by atoms with Crippen LogP contribution >= 0.6 is 11.3 Å². The Kier molecular flexibility index (Phi) is 3.44. The zero-order valence-electron chi connectivity index (χ0n) is 13.9. The summed E-state index contributed by atoms with van der Waals surface area (Å²) in [6.07, 6.45) is 5.28. The van der Waals surface area contributed by atoms with E-state index < -0.39 is 12.5 Å². The Morgan fingerprint density at radius 2 is 1.77 bits per heavy atom. The normalized spacial score (nSPS) is 36.1. The van der Waals surface area contributed by atoms with Gasteiger partial charge in [-0.25, -0.2) is 0 Å². The van der Waals surface area contributed by atoms with Gasteiger partial charge in [-0.1, -0.05) is 18.2 Å². The van der Waals surface area contributed by atoms with E-state index >= 15 is 0 Å². The van der Waals surface area contributed by atoms with Crippen LogP contribution < -0.4 is 0 Å². The van der Waals surface area contributed by atoms with Gasteiger partial charge in [-0.2, -0.15) is 0 Å². The molecule has 0 unspecified atom stereocenters. The maximum atomic E-state index is 12.8. The minimum absolute atomic E-state index is 0.132. The van der Waals surface area contributed by atoms with Gasteiger partial charge >= 0.3 is 5.97 Å². The second-order valence-corrected chi connectivity index (χ2v) is 8.43. The number of carbonyl (C=O) groups is 4. The number of ether oxygens (including phenoxy) is 1. The molecule has 6 nitrogen and oxygen atoms in total. The number of likely N-dealkylation sites (tertiary alicyclic amines) is 1. The van der Waals surface area contributed by atoms with Crippen molar-refractivity contribution >= 4 is 34.9 Å². The molecule has 26 heavy (non-hydrogen) atoms. The highest BCUT2D eigenvalue weighted by atomic mass is 32.1. The molecule has 7 heteroatoms. The van der Waals surface area contributed by atoms with Gasteiger partial charge in [0.25, 0.3) is 0 Å². The number of ketones is 1. The lowest BCUT2D eigenvalue weighted by Gasteiger charge is -2.37. The van der Waals surface area contributed by atoms with Crippen molar-refractivity contribution < 1.29 is 23.9 Å². The van der Waals surface area contributed by atoms with Crippen molar-refractivity contribution in [1.82, 2.24) is 4.90 Å². The second-order valence-electron chi connectivity index (χ2n) is 7.48. The molecule has 2 heterocycles. The molecule has 1 saturated heterocycles. The Labute approximate surface area is 153 Å². The summed E-state index contributed by atoms with van der Waals surface area (Å²) in [6.45, 7) is -0.781. The molecule has 6 atom stereocenters. The zero-order valence-corrected chi connectivity index (χ0v) is 14.7. The summed E-state index contributed by atoms with van der Waals surface area (Å²) < 4.78 is 5.00. The largest absolute Gasteiger partial charge is 0.456 e. The SMILES string of the molecule is O=C(CN1C(=O)[C@@H]2[C@@H]3C=C[C@H]([C@H]4C[C@H]34)[C@@H]2C1=O)OCC(=O)c1cccs1. The first kappa shape index (κ1) is 15.9. The zero-order chi connectivity index (χ0) is 18.0. The molecule has 2 saturated carbocycles. The van der Waals surface area contributed by atoms with E-state index in [0.29, 0.717) is 16.7 Å². The molecule has 0 radical (unpaired) electrons. The molecule has 2 bridgehead atoms. The molecular weight excluding hydrogens is 354 g/mol. The van der Waals surface area contributed by atoms with E-state index in [1.165, 1.54) is 11.3 Å². The van der Waals surface area contributed by atoms with E-state index in [0.717, 1.165) is 11.3 Å². The monoisotopic (exact) mass is 371 g/mol. The molecule has 2 amide bonds. The van der Waals surface area contributed by atoms with Crippen LogP contribution in [0.5, 0.6) is 0 Å². The molecule has 0 spiro atoms. The van der Waals surface area contributed by atoms with Gasteiger partial charge in [-0.05, 0) is 41.5 Å². The number of imide groups is 1. The molecule has 6 rings (SSSR count). The van der Waals surface area contributed by atoms with Crippen LogP contribution in [0.1, 0.15) is 16.1 Å². The molecule has 134 valence electrons. The molecule has 0 N–H and O–H groups in total. The predicted molar refractivity (Wildman–Crippen MR) is 91.0 cm³/mol. The summed E-state index contributed by atoms with van der Waals surface area (Å²) in [5.74, 6) is -0.845. The first-order chi connectivity index (χ1) is 12.6. The number of allylic oxidation sites excluding steroid dienone is 2. The highest BCUT2D eigenvalue weighted by molar-refractivity contribution is 7.12. The number of esters is 1. The Balaban J connectivity index is 1.24. The lowest BCUT2D eigenvalue weighted by molar-refractivity contribution is -0.152. The quantitative estimate of drug-likeness (QED) is 0.339. The second kappa shape index (κ2) is 5.61. The van der Waals surface area contributed by atoms with Crippen LogP contribution in [0.3, 0.4) is 0 Å². The first-order valence-electron chi connectivity index (χ1n) is 8.82. The van der Waals surface area contributed by atoms with Gasteiger partial charge in [0, 0.05) is 0 Å². The third-order valence-electron chi connectivity index (χ3n) is 6.20. The maximum absolute atomic E-state index is 12.8. The summed E-state index contributed by atoms with van der Waals surface area (Å²) in [5.41, 5.74) is 0. The summed E-state index contributed by atoms with van der Waals surface area (Å²) in [6, 6.07) is 3.41. The van der Waals surface area contributed by atoms with Gasteiger partial charge in [-0.3, -0.25) is 24.1 Å². The Morgan fingerprint density at radius 1 is 1.12 bits per heavy atom. The van der Waals surface area contributed by atoms with Crippen LogP contribution in [0.15, 0.2) is 29.7 Å². The van der Waals surface area contributed by atoms with Crippen LogP contribution in [0, 0.1) is 35.5 Å². The average Bonchev–Trinajstić information content (AvgIpc) is 3.23. The number of hydrogen-bond acceptors (Lipinski definition) is 6. The number of thiophene rings is 1. The Morgan fingerprint density at radius 3 is 2.35 bits per heavy atom. The summed E-state index contributed by atoms with van der Waals surface area (Å²) in [5, 5.41) is 1.77. The van der Waals surface area contributed by atoms with Crippen LogP contribution in [-0.4, -0.2) is 41.6 Å². The van der Waals surface area contributed by atoms with Gasteiger partial charge in [-0.15, -0.1) is 11.3 Å². The third-order valence-corrected chi connectivity index (χ3v) is 7.11. The van der Waals surface area contributed by atoms with E-state index in [1.807, 2.05) is 0 Å². The van der Waals surface area contributed by atoms with Gasteiger partial charge < -0.3 is 4.74 Å². The number of rotatable bonds is 5. The van der Waals surface area contributed by atoms with Gasteiger partial charge in [0.1, 0.15) is 6.54 Å². The Hall–Kier alpha value is -2.28. The van der Waals surface area contributed by atoms with Gasteiger partial charge in [0.2, 0.25) is 17.6 Å². The molecular formula is C19H17NO5S. The lowest BCUT2D eigenvalue weighted by atomic mass is 9.63. The van der Waals surface area contributed by atoms with Crippen molar-refractivity contribution in [3.63, 3.8) is 0 Å². The first-order valence-corrected chi connectivity index (χ1v) is 9.70. The van der Waals surface area contributed by atoms with Crippen molar-refractivity contribution in [2.24, 2.45) is 35.5 Å². The highest BCUT2D eigenvalue weighted by Crippen LogP contribution is 2.65. The Bertz CT molecular complexity index is 808. The number of amides is 2. The van der Waals surface area contributed by atoms with Crippen LogP contribution in [0.4, 0.5) is 0 Å².